The van der Waals surface area contributed by atoms with Crippen molar-refractivity contribution in [3.8, 4) is 5.75 Å². The Labute approximate surface area is 156 Å². The Balaban J connectivity index is 2.06. The molecule has 0 spiro atoms. The topological polar surface area (TPSA) is 67.4 Å². The van der Waals surface area contributed by atoms with E-state index in [-0.39, 0.29) is 23.5 Å². The molecule has 7 heteroatoms. The molecule has 2 unspecified atom stereocenters. The minimum atomic E-state index is -0.685. The smallest absolute Gasteiger partial charge is 0.262 e. The van der Waals surface area contributed by atoms with Crippen LogP contribution in [0, 0.1) is 11.7 Å². The fraction of sp³-hybridized carbons (Fsp3) is 0.368. The van der Waals surface area contributed by atoms with E-state index in [1.54, 1.807) is 30.5 Å². The summed E-state index contributed by atoms with van der Waals surface area (Å²) in [5.41, 5.74) is 0.615. The molecule has 1 aromatic carbocycles. The molecular weight excluding hydrogens is 355 g/mol. The van der Waals surface area contributed by atoms with Crippen LogP contribution in [0.25, 0.3) is 0 Å². The van der Waals surface area contributed by atoms with Gasteiger partial charge in [0.05, 0.1) is 18.0 Å². The number of thiophene rings is 1. The van der Waals surface area contributed by atoms with E-state index in [0.717, 1.165) is 0 Å². The molecule has 2 N–H and O–H groups in total. The first-order valence-corrected chi connectivity index (χ1v) is 9.19. The van der Waals surface area contributed by atoms with Gasteiger partial charge in [0, 0.05) is 0 Å². The van der Waals surface area contributed by atoms with Gasteiger partial charge >= 0.3 is 0 Å². The molecule has 26 heavy (non-hydrogen) atoms. The molecule has 2 rings (SSSR count). The maximum absolute atomic E-state index is 13.9. The van der Waals surface area contributed by atoms with Crippen LogP contribution in [0.4, 0.5) is 4.39 Å². The molecule has 0 radical (unpaired) electrons. The first-order valence-electron chi connectivity index (χ1n) is 8.31. The van der Waals surface area contributed by atoms with E-state index in [1.165, 1.54) is 30.6 Å². The van der Waals surface area contributed by atoms with Gasteiger partial charge < -0.3 is 15.4 Å². The third kappa shape index (κ3) is 4.82. The number of amides is 2. The van der Waals surface area contributed by atoms with E-state index >= 15 is 0 Å². The minimum Gasteiger partial charge on any atom is -0.494 e. The molecule has 1 aromatic heterocycles. The van der Waals surface area contributed by atoms with Gasteiger partial charge in [-0.3, -0.25) is 9.59 Å². The van der Waals surface area contributed by atoms with Crippen LogP contribution in [-0.2, 0) is 4.79 Å². The summed E-state index contributed by atoms with van der Waals surface area (Å²) in [6, 6.07) is 6.94. The van der Waals surface area contributed by atoms with Crippen LogP contribution in [0.1, 0.15) is 42.0 Å². The Morgan fingerprint density at radius 3 is 2.42 bits per heavy atom. The second-order valence-corrected chi connectivity index (χ2v) is 7.24. The summed E-state index contributed by atoms with van der Waals surface area (Å²) < 4.78 is 18.8. The van der Waals surface area contributed by atoms with Gasteiger partial charge in [-0.2, -0.15) is 0 Å². The highest BCUT2D eigenvalue weighted by Crippen LogP contribution is 2.22. The van der Waals surface area contributed by atoms with Crippen molar-refractivity contribution in [2.24, 2.45) is 5.92 Å². The molecule has 2 amide bonds. The number of ether oxygens (including phenoxy) is 1. The van der Waals surface area contributed by atoms with E-state index in [4.69, 9.17) is 4.74 Å². The highest BCUT2D eigenvalue weighted by Gasteiger charge is 2.26. The number of nitrogens with one attached hydrogen (secondary N) is 2. The fourth-order valence-electron chi connectivity index (χ4n) is 2.49. The van der Waals surface area contributed by atoms with E-state index < -0.39 is 17.9 Å². The SMILES string of the molecule is COc1ccc(C(C)NC(=O)C(NC(=O)c2cccs2)C(C)C)cc1F. The Kier molecular flexibility index (Phi) is 6.74. The van der Waals surface area contributed by atoms with Crippen LogP contribution in [0.5, 0.6) is 5.75 Å². The van der Waals surface area contributed by atoms with Crippen LogP contribution in [0.2, 0.25) is 0 Å². The number of rotatable bonds is 7. The monoisotopic (exact) mass is 378 g/mol. The lowest BCUT2D eigenvalue weighted by Gasteiger charge is -2.24. The van der Waals surface area contributed by atoms with E-state index in [1.807, 2.05) is 13.8 Å². The normalized spacial score (nSPS) is 13.2. The second kappa shape index (κ2) is 8.80. The van der Waals surface area contributed by atoms with Crippen molar-refractivity contribution in [3.63, 3.8) is 0 Å². The lowest BCUT2D eigenvalue weighted by Crippen LogP contribution is -2.50. The van der Waals surface area contributed by atoms with Gasteiger partial charge in [0.1, 0.15) is 6.04 Å². The van der Waals surface area contributed by atoms with Crippen LogP contribution in [0.3, 0.4) is 0 Å². The quantitative estimate of drug-likeness (QED) is 0.775. The van der Waals surface area contributed by atoms with Gasteiger partial charge in [-0.15, -0.1) is 11.3 Å². The Hall–Kier alpha value is -2.41. The third-order valence-electron chi connectivity index (χ3n) is 4.02. The van der Waals surface area contributed by atoms with E-state index in [2.05, 4.69) is 10.6 Å². The standard InChI is InChI=1S/C19H23FN2O3S/c1-11(2)17(22-18(23)16-6-5-9-26-16)19(24)21-12(3)13-7-8-15(25-4)14(20)10-13/h5-12,17H,1-4H3,(H,21,24)(H,22,23). The predicted molar refractivity (Wildman–Crippen MR) is 99.9 cm³/mol. The summed E-state index contributed by atoms with van der Waals surface area (Å²) in [5, 5.41) is 7.41. The number of carbonyl (C=O) groups excluding carboxylic acids is 2. The summed E-state index contributed by atoms with van der Waals surface area (Å²) in [6.07, 6.45) is 0. The summed E-state index contributed by atoms with van der Waals surface area (Å²) in [7, 11) is 1.40. The molecule has 0 saturated carbocycles. The zero-order chi connectivity index (χ0) is 19.3. The summed E-state index contributed by atoms with van der Waals surface area (Å²) in [6.45, 7) is 5.48. The average molecular weight is 378 g/mol. The van der Waals surface area contributed by atoms with Gasteiger partial charge in [-0.25, -0.2) is 4.39 Å². The van der Waals surface area contributed by atoms with Crippen molar-refractivity contribution >= 4 is 23.2 Å². The molecular formula is C19H23FN2O3S. The van der Waals surface area contributed by atoms with Crippen molar-refractivity contribution in [1.82, 2.24) is 10.6 Å². The first kappa shape index (κ1) is 19.9. The Bertz CT molecular complexity index is 762. The van der Waals surface area contributed by atoms with Gasteiger partial charge in [0.2, 0.25) is 5.91 Å². The zero-order valence-corrected chi connectivity index (χ0v) is 16.0. The molecule has 2 atom stereocenters. The van der Waals surface area contributed by atoms with Gasteiger partial charge in [0.15, 0.2) is 11.6 Å². The summed E-state index contributed by atoms with van der Waals surface area (Å²) in [4.78, 5) is 25.4. The molecule has 140 valence electrons. The third-order valence-corrected chi connectivity index (χ3v) is 4.88. The van der Waals surface area contributed by atoms with Gasteiger partial charge in [-0.05, 0) is 42.0 Å². The van der Waals surface area contributed by atoms with Crippen LogP contribution in [-0.4, -0.2) is 25.0 Å². The largest absolute Gasteiger partial charge is 0.494 e. The van der Waals surface area contributed by atoms with Gasteiger partial charge in [0.25, 0.3) is 5.91 Å². The molecule has 0 saturated heterocycles. The predicted octanol–water partition coefficient (Wildman–Crippen LogP) is 3.53. The van der Waals surface area contributed by atoms with Crippen LogP contribution >= 0.6 is 11.3 Å². The lowest BCUT2D eigenvalue weighted by atomic mass is 10.0. The molecule has 0 bridgehead atoms. The second-order valence-electron chi connectivity index (χ2n) is 6.30. The summed E-state index contributed by atoms with van der Waals surface area (Å²) in [5.74, 6) is -1.03. The maximum Gasteiger partial charge on any atom is 0.262 e. The zero-order valence-electron chi connectivity index (χ0n) is 15.2. The van der Waals surface area contributed by atoms with Crippen molar-refractivity contribution < 1.29 is 18.7 Å². The highest BCUT2D eigenvalue weighted by molar-refractivity contribution is 7.12. The fourth-order valence-corrected chi connectivity index (χ4v) is 3.12. The minimum absolute atomic E-state index is 0.0984. The number of halogens is 1. The highest BCUT2D eigenvalue weighted by atomic mass is 32.1. The number of methoxy groups -OCH3 is 1. The number of carbonyl (C=O) groups is 2. The lowest BCUT2D eigenvalue weighted by molar-refractivity contribution is -0.124. The number of benzene rings is 1. The Morgan fingerprint density at radius 2 is 1.88 bits per heavy atom. The van der Waals surface area contributed by atoms with Crippen molar-refractivity contribution in [2.75, 3.05) is 7.11 Å². The average Bonchev–Trinajstić information content (AvgIpc) is 3.13. The Morgan fingerprint density at radius 1 is 1.15 bits per heavy atom. The van der Waals surface area contributed by atoms with Crippen LogP contribution < -0.4 is 15.4 Å². The number of hydrogen-bond donors (Lipinski definition) is 2. The van der Waals surface area contributed by atoms with E-state index in [9.17, 15) is 14.0 Å². The van der Waals surface area contributed by atoms with Crippen LogP contribution in [0.15, 0.2) is 35.7 Å². The van der Waals surface area contributed by atoms with Crippen molar-refractivity contribution in [1.29, 1.82) is 0 Å². The van der Waals surface area contributed by atoms with Crippen molar-refractivity contribution in [2.45, 2.75) is 32.9 Å². The molecule has 0 aliphatic carbocycles. The summed E-state index contributed by atoms with van der Waals surface area (Å²) >= 11 is 1.31. The maximum atomic E-state index is 13.9. The van der Waals surface area contributed by atoms with E-state index in [0.29, 0.717) is 10.4 Å². The molecule has 0 fully saturated rings. The molecule has 5 nitrogen and oxygen atoms in total. The van der Waals surface area contributed by atoms with Crippen molar-refractivity contribution in [3.05, 3.63) is 52.0 Å². The molecule has 0 aliphatic heterocycles. The molecule has 2 aromatic rings. The number of hydrogen-bond acceptors (Lipinski definition) is 4. The molecule has 0 aliphatic rings. The first-order chi connectivity index (χ1) is 12.3. The van der Waals surface area contributed by atoms with Gasteiger partial charge in [-0.1, -0.05) is 26.0 Å². The molecule has 1 heterocycles.